The second kappa shape index (κ2) is 36.2. The Hall–Kier alpha value is 0.120. The van der Waals surface area contributed by atoms with Crippen LogP contribution < -0.4 is 30.6 Å². The summed E-state index contributed by atoms with van der Waals surface area (Å²) in [6.07, 6.45) is -7.00. The third-order valence-electron chi connectivity index (χ3n) is 0. The average molecular weight is 494 g/mol. The first-order chi connectivity index (χ1) is 5.20. The van der Waals surface area contributed by atoms with Gasteiger partial charge in [0.05, 0.1) is 0 Å². The Morgan fingerprint density at radius 1 is 0.500 bits per heavy atom. The standard InChI is InChI=1S/3CH2O3.2La.2H2O/c3*2-1(3)4;;;;/h3*(H2,2,3,4);;;2*1H2/q;;;2*+3;;/p-6. The molecule has 0 bridgehead atoms. The van der Waals surface area contributed by atoms with Crippen molar-refractivity contribution >= 4 is 18.5 Å². The summed E-state index contributed by atoms with van der Waals surface area (Å²) in [5.41, 5.74) is 0. The van der Waals surface area contributed by atoms with Crippen molar-refractivity contribution in [3.05, 3.63) is 0 Å². The first-order valence-corrected chi connectivity index (χ1v) is 1.84. The van der Waals surface area contributed by atoms with Crippen molar-refractivity contribution in [3.8, 4) is 0 Å². The molecule has 0 fully saturated rings. The molecule has 11 nitrogen and oxygen atoms in total. The van der Waals surface area contributed by atoms with Crippen molar-refractivity contribution in [2.75, 3.05) is 0 Å². The number of rotatable bonds is 0. The summed E-state index contributed by atoms with van der Waals surface area (Å²) in [5, 5.41) is 50.0. The van der Waals surface area contributed by atoms with Gasteiger partial charge in [-0.1, -0.05) is 0 Å². The van der Waals surface area contributed by atoms with Crippen LogP contribution in [0.15, 0.2) is 0 Å². The van der Waals surface area contributed by atoms with E-state index >= 15 is 0 Å². The molecule has 0 rings (SSSR count). The average Bonchev–Trinajstić information content (AvgIpc) is 1.54. The number of hydrogen-bond donors (Lipinski definition) is 0. The maximum Gasteiger partial charge on any atom is 3.00 e. The van der Waals surface area contributed by atoms with Crippen molar-refractivity contribution in [2.45, 2.75) is 0 Å². The quantitative estimate of drug-likeness (QED) is 0.309. The van der Waals surface area contributed by atoms with E-state index in [1.807, 2.05) is 0 Å². The van der Waals surface area contributed by atoms with E-state index in [9.17, 15) is 0 Å². The molecule has 0 aromatic carbocycles. The number of carbonyl (C=O) groups excluding carboxylic acids is 3. The minimum atomic E-state index is -2.33. The number of carbonyl (C=O) groups is 3. The van der Waals surface area contributed by atoms with Crippen LogP contribution in [0.5, 0.6) is 0 Å². The minimum Gasteiger partial charge on any atom is -0.652 e. The van der Waals surface area contributed by atoms with Crippen molar-refractivity contribution in [2.24, 2.45) is 0 Å². The molecule has 16 heavy (non-hydrogen) atoms. The monoisotopic (exact) mass is 494 g/mol. The molecule has 0 heterocycles. The Morgan fingerprint density at radius 2 is 0.500 bits per heavy atom. The molecular formula is C3H4La2O11. The predicted octanol–water partition coefficient (Wildman–Crippen LogP) is -8.99. The maximum absolute atomic E-state index is 8.33. The summed E-state index contributed by atoms with van der Waals surface area (Å²) < 4.78 is 0. The Morgan fingerprint density at radius 3 is 0.500 bits per heavy atom. The van der Waals surface area contributed by atoms with Crippen LogP contribution in [0.4, 0.5) is 14.4 Å². The summed E-state index contributed by atoms with van der Waals surface area (Å²) in [6, 6.07) is 0. The van der Waals surface area contributed by atoms with Gasteiger partial charge >= 0.3 is 71.2 Å². The van der Waals surface area contributed by atoms with Crippen molar-refractivity contribution in [1.29, 1.82) is 0 Å². The van der Waals surface area contributed by atoms with Crippen LogP contribution >= 0.6 is 0 Å². The van der Waals surface area contributed by atoms with Crippen LogP contribution in [-0.4, -0.2) is 29.4 Å². The fourth-order valence-electron chi connectivity index (χ4n) is 0. The topological polar surface area (TPSA) is 253 Å². The van der Waals surface area contributed by atoms with E-state index in [1.54, 1.807) is 0 Å². The van der Waals surface area contributed by atoms with Gasteiger partial charge in [-0.2, -0.15) is 0 Å². The molecule has 4 N–H and O–H groups in total. The van der Waals surface area contributed by atoms with E-state index in [0.29, 0.717) is 0 Å². The Balaban J connectivity index is -0.0000000135. The molecule has 0 amide bonds. The summed E-state index contributed by atoms with van der Waals surface area (Å²) in [7, 11) is 0. The van der Waals surface area contributed by atoms with Gasteiger partial charge < -0.3 is 56.0 Å². The van der Waals surface area contributed by atoms with Gasteiger partial charge in [0.2, 0.25) is 0 Å². The molecule has 0 aliphatic rings. The van der Waals surface area contributed by atoms with Gasteiger partial charge in [0, 0.05) is 0 Å². The first-order valence-electron chi connectivity index (χ1n) is 1.84. The van der Waals surface area contributed by atoms with Crippen LogP contribution in [-0.2, 0) is 0 Å². The van der Waals surface area contributed by atoms with Gasteiger partial charge in [0.1, 0.15) is 0 Å². The van der Waals surface area contributed by atoms with Crippen molar-refractivity contribution in [3.63, 3.8) is 0 Å². The summed E-state index contributed by atoms with van der Waals surface area (Å²) >= 11 is 0. The van der Waals surface area contributed by atoms with Gasteiger partial charge in [-0.3, -0.25) is 0 Å². The Kier molecular flexibility index (Phi) is 100. The zero-order valence-corrected chi connectivity index (χ0v) is 14.6. The third-order valence-corrected chi connectivity index (χ3v) is 0. The largest absolute Gasteiger partial charge is 3.00 e. The van der Waals surface area contributed by atoms with Gasteiger partial charge in [0.15, 0.2) is 0 Å². The molecule has 13 heteroatoms. The van der Waals surface area contributed by atoms with E-state index in [2.05, 4.69) is 0 Å². The van der Waals surface area contributed by atoms with E-state index in [0.717, 1.165) is 0 Å². The second-order valence-electron chi connectivity index (χ2n) is 0.750. The molecule has 0 unspecified atom stereocenters. The molecule has 88 valence electrons. The summed E-state index contributed by atoms with van der Waals surface area (Å²) in [5.74, 6) is 0. The fourth-order valence-corrected chi connectivity index (χ4v) is 0. The SMILES string of the molecule is O.O.O=C([O-])[O-].O=C([O-])[O-].O=C([O-])[O-].[La+3].[La+3]. The van der Waals surface area contributed by atoms with Crippen molar-refractivity contribution in [1.82, 2.24) is 0 Å². The predicted molar refractivity (Wildman–Crippen MR) is 23.4 cm³/mol. The van der Waals surface area contributed by atoms with Crippen LogP contribution in [0, 0.1) is 71.2 Å². The van der Waals surface area contributed by atoms with Gasteiger partial charge in [-0.15, -0.1) is 0 Å². The van der Waals surface area contributed by atoms with Gasteiger partial charge in [-0.05, 0) is 18.5 Å². The zero-order valence-electron chi connectivity index (χ0n) is 7.33. The van der Waals surface area contributed by atoms with Gasteiger partial charge in [-0.25, -0.2) is 0 Å². The molecule has 0 aromatic rings. The van der Waals surface area contributed by atoms with E-state index in [-0.39, 0.29) is 82.2 Å². The molecular weight excluding hydrogens is 490 g/mol. The van der Waals surface area contributed by atoms with E-state index < -0.39 is 18.5 Å². The molecule has 0 aliphatic heterocycles. The minimum absolute atomic E-state index is 0. The van der Waals surface area contributed by atoms with Crippen molar-refractivity contribution < 1.29 is 127 Å². The smallest absolute Gasteiger partial charge is 0.652 e. The Labute approximate surface area is 144 Å². The maximum atomic E-state index is 8.33. The first kappa shape index (κ1) is 44.3. The molecule has 0 radical (unpaired) electrons. The number of hydrogen-bond acceptors (Lipinski definition) is 9. The summed E-state index contributed by atoms with van der Waals surface area (Å²) in [4.78, 5) is 25.0. The molecule has 0 saturated carbocycles. The van der Waals surface area contributed by atoms with Gasteiger partial charge in [0.25, 0.3) is 0 Å². The van der Waals surface area contributed by atoms with Crippen LogP contribution in [0.1, 0.15) is 0 Å². The molecule has 0 atom stereocenters. The number of carboxylic acid groups (broad SMARTS) is 6. The third kappa shape index (κ3) is 170000. The second-order valence-corrected chi connectivity index (χ2v) is 0.750. The molecule has 0 aromatic heterocycles. The molecule has 0 spiro atoms. The van der Waals surface area contributed by atoms with Crippen LogP contribution in [0.25, 0.3) is 0 Å². The fraction of sp³-hybridized carbons (Fsp3) is 0. The molecule has 0 aliphatic carbocycles. The zero-order chi connectivity index (χ0) is 10.7. The summed E-state index contributed by atoms with van der Waals surface area (Å²) in [6.45, 7) is 0. The molecule has 0 saturated heterocycles. The van der Waals surface area contributed by atoms with Crippen LogP contribution in [0.3, 0.4) is 0 Å². The van der Waals surface area contributed by atoms with E-state index in [4.69, 9.17) is 45.0 Å². The van der Waals surface area contributed by atoms with E-state index in [1.165, 1.54) is 0 Å². The van der Waals surface area contributed by atoms with Crippen LogP contribution in [0.2, 0.25) is 0 Å². The Bertz CT molecular complexity index is 117. The normalized spacial score (nSPS) is 4.50.